The van der Waals surface area contributed by atoms with Crippen LogP contribution in [0.25, 0.3) is 0 Å². The maximum absolute atomic E-state index is 11.4. The molecule has 1 aromatic heterocycles. The third-order valence-electron chi connectivity index (χ3n) is 1.95. The number of nitrogen functional groups attached to an aromatic ring is 1. The van der Waals surface area contributed by atoms with Crippen LogP contribution in [0.3, 0.4) is 0 Å². The van der Waals surface area contributed by atoms with Gasteiger partial charge in [0, 0.05) is 6.20 Å². The molecule has 1 heterocycles. The van der Waals surface area contributed by atoms with Gasteiger partial charge in [0.25, 0.3) is 0 Å². The van der Waals surface area contributed by atoms with E-state index in [1.54, 1.807) is 12.1 Å². The number of anilines is 1. The molecule has 0 aliphatic rings. The van der Waals surface area contributed by atoms with Crippen LogP contribution in [0.2, 0.25) is 0 Å². The third-order valence-corrected chi connectivity index (χ3v) is 1.95. The Morgan fingerprint density at radius 3 is 2.80 bits per heavy atom. The quantitative estimate of drug-likeness (QED) is 0.767. The highest BCUT2D eigenvalue weighted by Crippen LogP contribution is 2.05. The lowest BCUT2D eigenvalue weighted by atomic mass is 10.1. The van der Waals surface area contributed by atoms with E-state index >= 15 is 0 Å². The summed E-state index contributed by atoms with van der Waals surface area (Å²) in [6.07, 6.45) is 2.29. The largest absolute Gasteiger partial charge is 0.462 e. The van der Waals surface area contributed by atoms with Crippen LogP contribution in [-0.4, -0.2) is 17.6 Å². The van der Waals surface area contributed by atoms with Gasteiger partial charge in [-0.05, 0) is 24.5 Å². The number of ether oxygens (including phenoxy) is 1. The van der Waals surface area contributed by atoms with Crippen LogP contribution in [-0.2, 0) is 4.74 Å². The van der Waals surface area contributed by atoms with Crippen molar-refractivity contribution in [3.05, 3.63) is 23.9 Å². The highest BCUT2D eigenvalue weighted by molar-refractivity contribution is 5.89. The molecule has 4 nitrogen and oxygen atoms in total. The first-order valence-corrected chi connectivity index (χ1v) is 4.98. The van der Waals surface area contributed by atoms with Gasteiger partial charge in [-0.1, -0.05) is 13.8 Å². The molecule has 2 N–H and O–H groups in total. The summed E-state index contributed by atoms with van der Waals surface area (Å²) < 4.78 is 5.06. The predicted molar refractivity (Wildman–Crippen MR) is 58.4 cm³/mol. The molecule has 0 unspecified atom stereocenters. The zero-order chi connectivity index (χ0) is 11.3. The smallest absolute Gasteiger partial charge is 0.339 e. The van der Waals surface area contributed by atoms with E-state index in [2.05, 4.69) is 18.8 Å². The van der Waals surface area contributed by atoms with Crippen LogP contribution >= 0.6 is 0 Å². The summed E-state index contributed by atoms with van der Waals surface area (Å²) in [5.41, 5.74) is 5.84. The average Bonchev–Trinajstić information content (AvgIpc) is 2.18. The number of nitrogens with two attached hydrogens (primary N) is 1. The molecule has 1 rings (SSSR count). The van der Waals surface area contributed by atoms with E-state index in [1.807, 2.05) is 0 Å². The molecule has 0 aliphatic heterocycles. The molecule has 0 aliphatic carbocycles. The van der Waals surface area contributed by atoms with Crippen LogP contribution < -0.4 is 5.73 Å². The first-order valence-electron chi connectivity index (χ1n) is 4.98. The summed E-state index contributed by atoms with van der Waals surface area (Å²) in [6, 6.07) is 3.19. The van der Waals surface area contributed by atoms with Gasteiger partial charge in [0.05, 0.1) is 12.2 Å². The summed E-state index contributed by atoms with van der Waals surface area (Å²) in [5.74, 6) is 0.583. The topological polar surface area (TPSA) is 65.2 Å². The van der Waals surface area contributed by atoms with Crippen molar-refractivity contribution >= 4 is 11.8 Å². The van der Waals surface area contributed by atoms with E-state index in [0.717, 1.165) is 6.42 Å². The van der Waals surface area contributed by atoms with Crippen LogP contribution in [0.1, 0.15) is 30.6 Å². The van der Waals surface area contributed by atoms with Crippen molar-refractivity contribution in [3.8, 4) is 0 Å². The zero-order valence-corrected chi connectivity index (χ0v) is 9.06. The van der Waals surface area contributed by atoms with Gasteiger partial charge in [0.1, 0.15) is 5.82 Å². The number of nitrogens with zero attached hydrogens (tertiary/aromatic N) is 1. The predicted octanol–water partition coefficient (Wildman–Crippen LogP) is 1.87. The minimum absolute atomic E-state index is 0.344. The van der Waals surface area contributed by atoms with Crippen LogP contribution in [0.4, 0.5) is 5.82 Å². The fourth-order valence-electron chi connectivity index (χ4n) is 0.997. The molecule has 1 aromatic rings. The Kier molecular flexibility index (Phi) is 4.09. The molecule has 0 amide bonds. The van der Waals surface area contributed by atoms with Crippen molar-refractivity contribution in [2.45, 2.75) is 20.3 Å². The minimum atomic E-state index is -0.344. The Hall–Kier alpha value is -1.58. The summed E-state index contributed by atoms with van der Waals surface area (Å²) >= 11 is 0. The van der Waals surface area contributed by atoms with Gasteiger partial charge < -0.3 is 10.5 Å². The Labute approximate surface area is 89.5 Å². The van der Waals surface area contributed by atoms with Crippen molar-refractivity contribution in [1.29, 1.82) is 0 Å². The fraction of sp³-hybridized carbons (Fsp3) is 0.455. The molecular formula is C11H16N2O2. The van der Waals surface area contributed by atoms with Crippen molar-refractivity contribution in [2.24, 2.45) is 5.92 Å². The normalized spacial score (nSPS) is 10.3. The van der Waals surface area contributed by atoms with E-state index in [4.69, 9.17) is 10.5 Å². The van der Waals surface area contributed by atoms with Gasteiger partial charge in [-0.3, -0.25) is 0 Å². The molecule has 15 heavy (non-hydrogen) atoms. The summed E-state index contributed by atoms with van der Waals surface area (Å²) in [5, 5.41) is 0. The summed E-state index contributed by atoms with van der Waals surface area (Å²) in [4.78, 5) is 15.3. The number of rotatable bonds is 4. The number of hydrogen-bond acceptors (Lipinski definition) is 4. The highest BCUT2D eigenvalue weighted by Gasteiger charge is 2.07. The molecule has 0 saturated heterocycles. The molecule has 0 radical (unpaired) electrons. The number of hydrogen-bond donors (Lipinski definition) is 1. The maximum atomic E-state index is 11.4. The number of esters is 1. The van der Waals surface area contributed by atoms with E-state index in [1.165, 1.54) is 6.20 Å². The van der Waals surface area contributed by atoms with Crippen LogP contribution in [0.15, 0.2) is 18.3 Å². The van der Waals surface area contributed by atoms with Crippen molar-refractivity contribution in [1.82, 2.24) is 4.98 Å². The Balaban J connectivity index is 2.43. The molecule has 82 valence electrons. The Bertz CT molecular complexity index is 320. The zero-order valence-electron chi connectivity index (χ0n) is 9.06. The molecule has 4 heteroatoms. The van der Waals surface area contributed by atoms with E-state index in [-0.39, 0.29) is 5.97 Å². The standard InChI is InChI=1S/C11H16N2O2/c1-8(2)5-6-15-11(14)9-3-4-10(12)13-7-9/h3-4,7-8H,5-6H2,1-2H3,(H2,12,13). The first-order chi connectivity index (χ1) is 7.09. The van der Waals surface area contributed by atoms with E-state index in [9.17, 15) is 4.79 Å². The van der Waals surface area contributed by atoms with Gasteiger partial charge in [-0.25, -0.2) is 9.78 Å². The van der Waals surface area contributed by atoms with Crippen LogP contribution in [0, 0.1) is 5.92 Å². The monoisotopic (exact) mass is 208 g/mol. The molecule has 0 atom stereocenters. The third kappa shape index (κ3) is 3.97. The number of pyridine rings is 1. The summed E-state index contributed by atoms with van der Waals surface area (Å²) in [7, 11) is 0. The molecule has 0 bridgehead atoms. The molecular weight excluding hydrogens is 192 g/mol. The van der Waals surface area contributed by atoms with Gasteiger partial charge >= 0.3 is 5.97 Å². The van der Waals surface area contributed by atoms with Gasteiger partial charge in [-0.15, -0.1) is 0 Å². The SMILES string of the molecule is CC(C)CCOC(=O)c1ccc(N)nc1. The van der Waals surface area contributed by atoms with E-state index in [0.29, 0.717) is 23.9 Å². The number of carbonyl (C=O) groups excluding carboxylic acids is 1. The van der Waals surface area contributed by atoms with Crippen molar-refractivity contribution < 1.29 is 9.53 Å². The highest BCUT2D eigenvalue weighted by atomic mass is 16.5. The van der Waals surface area contributed by atoms with E-state index < -0.39 is 0 Å². The second-order valence-electron chi connectivity index (χ2n) is 3.79. The minimum Gasteiger partial charge on any atom is -0.462 e. The average molecular weight is 208 g/mol. The lowest BCUT2D eigenvalue weighted by Gasteiger charge is -2.06. The molecule has 0 aromatic carbocycles. The van der Waals surface area contributed by atoms with Crippen LogP contribution in [0.5, 0.6) is 0 Å². The second-order valence-corrected chi connectivity index (χ2v) is 3.79. The Morgan fingerprint density at radius 1 is 1.53 bits per heavy atom. The summed E-state index contributed by atoms with van der Waals surface area (Å²) in [6.45, 7) is 4.61. The van der Waals surface area contributed by atoms with Gasteiger partial charge in [0.2, 0.25) is 0 Å². The lowest BCUT2D eigenvalue weighted by Crippen LogP contribution is -2.08. The maximum Gasteiger partial charge on any atom is 0.339 e. The van der Waals surface area contributed by atoms with Crippen molar-refractivity contribution in [3.63, 3.8) is 0 Å². The van der Waals surface area contributed by atoms with Gasteiger partial charge in [0.15, 0.2) is 0 Å². The number of carbonyl (C=O) groups is 1. The molecule has 0 saturated carbocycles. The molecule has 0 fully saturated rings. The molecule has 0 spiro atoms. The fourth-order valence-corrected chi connectivity index (χ4v) is 0.997. The van der Waals surface area contributed by atoms with Crippen molar-refractivity contribution in [2.75, 3.05) is 12.3 Å². The lowest BCUT2D eigenvalue weighted by molar-refractivity contribution is 0.0487. The first kappa shape index (κ1) is 11.5. The Morgan fingerprint density at radius 2 is 2.27 bits per heavy atom. The van der Waals surface area contributed by atoms with Gasteiger partial charge in [-0.2, -0.15) is 0 Å². The second kappa shape index (κ2) is 5.34. The number of aromatic nitrogens is 1.